The number of para-hydroxylation sites is 2. The summed E-state index contributed by atoms with van der Waals surface area (Å²) in [4.78, 5) is 5.07. The Morgan fingerprint density at radius 3 is 2.19 bits per heavy atom. The van der Waals surface area contributed by atoms with Gasteiger partial charge in [0, 0.05) is 10.8 Å². The first-order valence-corrected chi connectivity index (χ1v) is 10.1. The number of rotatable bonds is 2. The molecule has 0 aliphatic carbocycles. The smallest absolute Gasteiger partial charge is 0.245 e. The van der Waals surface area contributed by atoms with Crippen molar-refractivity contribution >= 4 is 42.9 Å². The molecule has 5 rings (SSSR count). The van der Waals surface area contributed by atoms with E-state index < -0.39 is 10.0 Å². The van der Waals surface area contributed by atoms with E-state index in [4.69, 9.17) is 4.98 Å². The van der Waals surface area contributed by atoms with Gasteiger partial charge in [0.05, 0.1) is 27.0 Å². The number of benzene rings is 3. The largest absolute Gasteiger partial charge is 0.268 e. The molecule has 0 saturated heterocycles. The van der Waals surface area contributed by atoms with E-state index in [-0.39, 0.29) is 4.90 Å². The van der Waals surface area contributed by atoms with Gasteiger partial charge in [-0.25, -0.2) is 17.4 Å². The van der Waals surface area contributed by atoms with Gasteiger partial charge in [0.15, 0.2) is 0 Å². The minimum Gasteiger partial charge on any atom is -0.245 e. The lowest BCUT2D eigenvalue weighted by Crippen LogP contribution is -2.13. The fourth-order valence-electron chi connectivity index (χ4n) is 3.72. The summed E-state index contributed by atoms with van der Waals surface area (Å²) in [5.41, 5.74) is 3.76. The Kier molecular flexibility index (Phi) is 3.36. The number of aromatic nitrogens is 2. The number of nitrogens with zero attached hydrogens (tertiary/aromatic N) is 2. The van der Waals surface area contributed by atoms with Crippen LogP contribution in [0, 0.1) is 6.92 Å². The van der Waals surface area contributed by atoms with Gasteiger partial charge in [-0.05, 0) is 36.8 Å². The third-order valence-electron chi connectivity index (χ3n) is 4.98. The molecular formula is C22H16N2O2S. The molecular weight excluding hydrogens is 356 g/mol. The first-order valence-electron chi connectivity index (χ1n) is 8.68. The molecule has 3 aromatic carbocycles. The minimum atomic E-state index is -3.76. The van der Waals surface area contributed by atoms with Crippen LogP contribution < -0.4 is 0 Å². The molecule has 0 amide bonds. The van der Waals surface area contributed by atoms with Crippen LogP contribution >= 0.6 is 0 Å². The van der Waals surface area contributed by atoms with E-state index in [0.29, 0.717) is 16.6 Å². The topological polar surface area (TPSA) is 52.0 Å². The van der Waals surface area contributed by atoms with Gasteiger partial charge in [-0.15, -0.1) is 0 Å². The predicted molar refractivity (Wildman–Crippen MR) is 109 cm³/mol. The third kappa shape index (κ3) is 2.22. The quantitative estimate of drug-likeness (QED) is 0.443. The highest BCUT2D eigenvalue weighted by atomic mass is 32.2. The Labute approximate surface area is 156 Å². The number of hydrogen-bond donors (Lipinski definition) is 0. The lowest BCUT2D eigenvalue weighted by Gasteiger charge is -2.11. The summed E-state index contributed by atoms with van der Waals surface area (Å²) in [6.45, 7) is 1.96. The van der Waals surface area contributed by atoms with E-state index in [1.54, 1.807) is 24.3 Å². The van der Waals surface area contributed by atoms with Crippen LogP contribution in [-0.4, -0.2) is 17.4 Å². The molecule has 0 radical (unpaired) electrons. The summed E-state index contributed by atoms with van der Waals surface area (Å²) in [5, 5.41) is 1.79. The van der Waals surface area contributed by atoms with E-state index in [0.717, 1.165) is 21.9 Å². The first kappa shape index (κ1) is 16.0. The summed E-state index contributed by atoms with van der Waals surface area (Å²) in [6.07, 6.45) is 0. The van der Waals surface area contributed by atoms with Gasteiger partial charge >= 0.3 is 0 Å². The van der Waals surface area contributed by atoms with Crippen molar-refractivity contribution in [2.24, 2.45) is 0 Å². The number of hydrogen-bond acceptors (Lipinski definition) is 3. The maximum absolute atomic E-state index is 13.5. The van der Waals surface area contributed by atoms with Crippen LogP contribution in [0.2, 0.25) is 0 Å². The zero-order valence-electron chi connectivity index (χ0n) is 14.6. The van der Waals surface area contributed by atoms with Crippen molar-refractivity contribution < 1.29 is 8.42 Å². The fourth-order valence-corrected chi connectivity index (χ4v) is 5.32. The molecule has 0 bridgehead atoms. The molecule has 5 aromatic rings. The van der Waals surface area contributed by atoms with Crippen molar-refractivity contribution in [1.82, 2.24) is 8.96 Å². The van der Waals surface area contributed by atoms with Crippen LogP contribution in [0.5, 0.6) is 0 Å². The zero-order valence-corrected chi connectivity index (χ0v) is 15.4. The predicted octanol–water partition coefficient (Wildman–Crippen LogP) is 4.89. The summed E-state index contributed by atoms with van der Waals surface area (Å²) in [6, 6.07) is 23.9. The van der Waals surface area contributed by atoms with Crippen LogP contribution in [-0.2, 0) is 10.0 Å². The first-order chi connectivity index (χ1) is 13.1. The second kappa shape index (κ2) is 5.66. The van der Waals surface area contributed by atoms with Crippen molar-refractivity contribution in [1.29, 1.82) is 0 Å². The summed E-state index contributed by atoms with van der Waals surface area (Å²) < 4.78 is 28.5. The highest BCUT2D eigenvalue weighted by molar-refractivity contribution is 7.90. The second-order valence-corrected chi connectivity index (χ2v) is 8.34. The molecule has 4 nitrogen and oxygen atoms in total. The molecule has 0 spiro atoms. The normalized spacial score (nSPS) is 12.2. The molecule has 2 heterocycles. The summed E-state index contributed by atoms with van der Waals surface area (Å²) in [7, 11) is -3.76. The lowest BCUT2D eigenvalue weighted by atomic mass is 10.1. The number of fused-ring (bicyclic) bond motifs is 4. The molecule has 27 heavy (non-hydrogen) atoms. The van der Waals surface area contributed by atoms with Gasteiger partial charge in [0.2, 0.25) is 0 Å². The van der Waals surface area contributed by atoms with Gasteiger partial charge in [-0.2, -0.15) is 0 Å². The standard InChI is InChI=1S/C22H16N2O2S/c1-15-17-11-5-7-13-19(17)23-21-18-12-6-8-14-20(18)24(22(15)21)27(25,26)16-9-3-2-4-10-16/h2-14H,1H3. The van der Waals surface area contributed by atoms with Gasteiger partial charge < -0.3 is 0 Å². The van der Waals surface area contributed by atoms with E-state index in [1.807, 2.05) is 61.5 Å². The number of aryl methyl sites for hydroxylation is 1. The Balaban J connectivity index is 2.04. The second-order valence-electron chi connectivity index (χ2n) is 6.55. The van der Waals surface area contributed by atoms with Gasteiger partial charge in [-0.3, -0.25) is 0 Å². The van der Waals surface area contributed by atoms with E-state index in [1.165, 1.54) is 3.97 Å². The minimum absolute atomic E-state index is 0.264. The third-order valence-corrected chi connectivity index (χ3v) is 6.71. The maximum atomic E-state index is 13.5. The van der Waals surface area contributed by atoms with Crippen molar-refractivity contribution in [2.75, 3.05) is 0 Å². The van der Waals surface area contributed by atoms with Gasteiger partial charge in [-0.1, -0.05) is 54.6 Å². The Morgan fingerprint density at radius 1 is 0.778 bits per heavy atom. The average Bonchev–Trinajstić information content (AvgIpc) is 3.04. The van der Waals surface area contributed by atoms with Crippen LogP contribution in [0.1, 0.15) is 5.56 Å². The van der Waals surface area contributed by atoms with Crippen LogP contribution in [0.15, 0.2) is 83.8 Å². The molecule has 2 aromatic heterocycles. The molecule has 0 fully saturated rings. The Morgan fingerprint density at radius 2 is 1.41 bits per heavy atom. The molecule has 0 N–H and O–H groups in total. The van der Waals surface area contributed by atoms with E-state index in [9.17, 15) is 8.42 Å². The average molecular weight is 372 g/mol. The highest BCUT2D eigenvalue weighted by Crippen LogP contribution is 2.35. The molecule has 5 heteroatoms. The Hall–Kier alpha value is -3.18. The van der Waals surface area contributed by atoms with Gasteiger partial charge in [0.25, 0.3) is 10.0 Å². The summed E-state index contributed by atoms with van der Waals surface area (Å²) in [5.74, 6) is 0. The molecule has 0 unspecified atom stereocenters. The molecule has 0 saturated carbocycles. The SMILES string of the molecule is Cc1c2ccccc2nc2c3ccccc3n(S(=O)(=O)c3ccccc3)c12. The van der Waals surface area contributed by atoms with Crippen molar-refractivity contribution in [2.45, 2.75) is 11.8 Å². The Bertz CT molecular complexity index is 1440. The zero-order chi connectivity index (χ0) is 18.6. The lowest BCUT2D eigenvalue weighted by molar-refractivity contribution is 0.590. The van der Waals surface area contributed by atoms with Crippen LogP contribution in [0.25, 0.3) is 32.8 Å². The van der Waals surface area contributed by atoms with E-state index in [2.05, 4.69) is 0 Å². The molecule has 0 atom stereocenters. The molecule has 0 aliphatic heterocycles. The maximum Gasteiger partial charge on any atom is 0.268 e. The van der Waals surface area contributed by atoms with E-state index >= 15 is 0 Å². The van der Waals surface area contributed by atoms with Gasteiger partial charge in [0.1, 0.15) is 0 Å². The fraction of sp³-hybridized carbons (Fsp3) is 0.0455. The van der Waals surface area contributed by atoms with Crippen LogP contribution in [0.3, 0.4) is 0 Å². The van der Waals surface area contributed by atoms with Crippen molar-refractivity contribution in [3.05, 3.63) is 84.4 Å². The van der Waals surface area contributed by atoms with Crippen molar-refractivity contribution in [3.63, 3.8) is 0 Å². The summed E-state index contributed by atoms with van der Waals surface area (Å²) >= 11 is 0. The molecule has 0 aliphatic rings. The number of pyridine rings is 1. The van der Waals surface area contributed by atoms with Crippen LogP contribution in [0.4, 0.5) is 0 Å². The van der Waals surface area contributed by atoms with Crippen molar-refractivity contribution in [3.8, 4) is 0 Å². The highest BCUT2D eigenvalue weighted by Gasteiger charge is 2.25. The monoisotopic (exact) mass is 372 g/mol. The molecule has 132 valence electrons.